The number of aromatic nitrogens is 3. The highest BCUT2D eigenvalue weighted by Crippen LogP contribution is 2.42. The van der Waals surface area contributed by atoms with E-state index in [-0.39, 0.29) is 45.6 Å². The molecule has 31 heavy (non-hydrogen) atoms. The lowest BCUT2D eigenvalue weighted by Crippen LogP contribution is -2.54. The van der Waals surface area contributed by atoms with Crippen LogP contribution in [0.1, 0.15) is 46.5 Å². The number of hydrogen-bond donors (Lipinski definition) is 1. The number of amides is 1. The minimum absolute atomic E-state index is 0.0621. The van der Waals surface area contributed by atoms with Crippen LogP contribution in [0.15, 0.2) is 22.0 Å². The summed E-state index contributed by atoms with van der Waals surface area (Å²) in [6.07, 6.45) is 5.94. The summed E-state index contributed by atoms with van der Waals surface area (Å²) in [5, 5.41) is 3.29. The van der Waals surface area contributed by atoms with E-state index in [0.29, 0.717) is 11.5 Å². The van der Waals surface area contributed by atoms with Crippen molar-refractivity contribution in [3.05, 3.63) is 17.0 Å². The number of ether oxygens (including phenoxy) is 1. The quantitative estimate of drug-likeness (QED) is 0.541. The van der Waals surface area contributed by atoms with E-state index in [1.54, 1.807) is 0 Å². The number of carbonyl (C=O) groups is 1. The molecule has 4 heterocycles. The van der Waals surface area contributed by atoms with E-state index in [1.165, 1.54) is 16.8 Å². The SMILES string of the molecule is CC(C)(C)OC(=O)N1[C@H]2CC[C@@H]1[C@H](Nc1nccn3c(SC(F)(F)F)c(Br)nc13)CC2. The summed E-state index contributed by atoms with van der Waals surface area (Å²) in [7, 11) is 0. The topological polar surface area (TPSA) is 71.8 Å². The van der Waals surface area contributed by atoms with Crippen molar-refractivity contribution in [2.24, 2.45) is 0 Å². The Morgan fingerprint density at radius 3 is 2.65 bits per heavy atom. The second-order valence-corrected chi connectivity index (χ2v) is 10.5. The molecule has 2 aromatic heterocycles. The number of nitrogens with zero attached hydrogens (tertiary/aromatic N) is 4. The van der Waals surface area contributed by atoms with Crippen LogP contribution in [0.4, 0.5) is 23.8 Å². The molecule has 7 nitrogen and oxygen atoms in total. The van der Waals surface area contributed by atoms with Crippen LogP contribution in [0.5, 0.6) is 0 Å². The molecule has 0 aliphatic carbocycles. The molecule has 2 aliphatic rings. The molecule has 3 atom stereocenters. The van der Waals surface area contributed by atoms with E-state index in [4.69, 9.17) is 4.74 Å². The molecule has 170 valence electrons. The van der Waals surface area contributed by atoms with Crippen LogP contribution in [0, 0.1) is 0 Å². The lowest BCUT2D eigenvalue weighted by atomic mass is 9.97. The molecule has 2 aliphatic heterocycles. The predicted molar refractivity (Wildman–Crippen MR) is 114 cm³/mol. The number of nitrogens with one attached hydrogen (secondary N) is 1. The van der Waals surface area contributed by atoms with E-state index in [1.807, 2.05) is 25.7 Å². The molecular weight excluding hydrogens is 499 g/mol. The van der Waals surface area contributed by atoms with Gasteiger partial charge in [0.25, 0.3) is 0 Å². The maximum absolute atomic E-state index is 13.0. The number of carbonyl (C=O) groups excluding carboxylic acids is 1. The molecule has 2 aromatic rings. The molecule has 0 radical (unpaired) electrons. The van der Waals surface area contributed by atoms with Crippen molar-refractivity contribution < 1.29 is 22.7 Å². The molecule has 0 unspecified atom stereocenters. The van der Waals surface area contributed by atoms with Gasteiger partial charge in [-0.1, -0.05) is 0 Å². The Hall–Kier alpha value is -1.69. The molecule has 1 N–H and O–H groups in total. The van der Waals surface area contributed by atoms with Gasteiger partial charge in [0.1, 0.15) is 15.2 Å². The van der Waals surface area contributed by atoms with Gasteiger partial charge in [-0.15, -0.1) is 0 Å². The summed E-state index contributed by atoms with van der Waals surface area (Å²) in [5.74, 6) is 0.386. The summed E-state index contributed by atoms with van der Waals surface area (Å²) in [5.41, 5.74) is -4.73. The summed E-state index contributed by atoms with van der Waals surface area (Å²) < 4.78 is 45.9. The van der Waals surface area contributed by atoms with Crippen molar-refractivity contribution in [2.45, 2.75) is 80.7 Å². The van der Waals surface area contributed by atoms with Crippen LogP contribution in [-0.2, 0) is 4.74 Å². The lowest BCUT2D eigenvalue weighted by molar-refractivity contribution is -0.0330. The lowest BCUT2D eigenvalue weighted by Gasteiger charge is -2.40. The molecule has 2 bridgehead atoms. The van der Waals surface area contributed by atoms with E-state index < -0.39 is 11.1 Å². The van der Waals surface area contributed by atoms with Gasteiger partial charge in [-0.2, -0.15) is 13.2 Å². The number of piperidine rings is 1. The first kappa shape index (κ1) is 22.5. The number of alkyl halides is 3. The Morgan fingerprint density at radius 1 is 1.26 bits per heavy atom. The summed E-state index contributed by atoms with van der Waals surface area (Å²) >= 11 is 2.90. The molecule has 2 saturated heterocycles. The van der Waals surface area contributed by atoms with Crippen LogP contribution in [-0.4, -0.2) is 54.6 Å². The van der Waals surface area contributed by atoms with Gasteiger partial charge < -0.3 is 15.0 Å². The number of hydrogen-bond acceptors (Lipinski definition) is 6. The smallest absolute Gasteiger partial charge is 0.444 e. The second kappa shape index (κ2) is 8.02. The number of fused-ring (bicyclic) bond motifs is 3. The maximum Gasteiger partial charge on any atom is 0.447 e. The zero-order valence-electron chi connectivity index (χ0n) is 17.2. The molecule has 1 amide bonds. The van der Waals surface area contributed by atoms with Crippen molar-refractivity contribution in [3.8, 4) is 0 Å². The average Bonchev–Trinajstić information content (AvgIpc) is 3.12. The standard InChI is InChI=1S/C19H23BrF3N5O2S/c1-18(2,3)30-17(29)28-10-4-6-11(12(28)7-5-10)25-14-15-26-13(20)16(31-19(21,22)23)27(15)9-8-24-14/h8-12H,4-7H2,1-3H3,(H,24,25)/t10-,11-,12-/m1/s1. The van der Waals surface area contributed by atoms with Gasteiger partial charge in [-0.3, -0.25) is 4.40 Å². The van der Waals surface area contributed by atoms with Gasteiger partial charge in [0.05, 0.1) is 6.04 Å². The third kappa shape index (κ3) is 4.74. The number of halogens is 4. The molecule has 0 saturated carbocycles. The van der Waals surface area contributed by atoms with E-state index in [0.717, 1.165) is 25.7 Å². The van der Waals surface area contributed by atoms with Gasteiger partial charge in [0, 0.05) is 36.2 Å². The first-order chi connectivity index (χ1) is 14.4. The first-order valence-electron chi connectivity index (χ1n) is 9.99. The third-order valence-corrected chi connectivity index (χ3v) is 7.05. The fourth-order valence-corrected chi connectivity index (χ4v) is 5.53. The van der Waals surface area contributed by atoms with Gasteiger partial charge in [0.15, 0.2) is 11.5 Å². The van der Waals surface area contributed by atoms with E-state index in [9.17, 15) is 18.0 Å². The monoisotopic (exact) mass is 521 g/mol. The summed E-state index contributed by atoms with van der Waals surface area (Å²) in [6.45, 7) is 5.51. The second-order valence-electron chi connectivity index (χ2n) is 8.74. The van der Waals surface area contributed by atoms with E-state index in [2.05, 4.69) is 31.2 Å². The van der Waals surface area contributed by atoms with Crippen molar-refractivity contribution in [2.75, 3.05) is 5.32 Å². The Balaban J connectivity index is 1.59. The number of anilines is 1. The van der Waals surface area contributed by atoms with Gasteiger partial charge in [-0.05, 0) is 62.4 Å². The number of thioether (sulfide) groups is 1. The Bertz CT molecular complexity index is 993. The largest absolute Gasteiger partial charge is 0.447 e. The Morgan fingerprint density at radius 2 is 1.97 bits per heavy atom. The normalized spacial score (nSPS) is 24.0. The highest BCUT2D eigenvalue weighted by Gasteiger charge is 2.46. The molecular formula is C19H23BrF3N5O2S. The first-order valence-corrected chi connectivity index (χ1v) is 11.6. The van der Waals surface area contributed by atoms with E-state index >= 15 is 0 Å². The van der Waals surface area contributed by atoms with Crippen LogP contribution in [0.3, 0.4) is 0 Å². The minimum atomic E-state index is -4.44. The average molecular weight is 522 g/mol. The van der Waals surface area contributed by atoms with Crippen molar-refractivity contribution >= 4 is 45.3 Å². The summed E-state index contributed by atoms with van der Waals surface area (Å²) in [4.78, 5) is 23.2. The van der Waals surface area contributed by atoms with Crippen molar-refractivity contribution in [3.63, 3.8) is 0 Å². The maximum atomic E-state index is 13.0. The molecule has 0 spiro atoms. The molecule has 12 heteroatoms. The van der Waals surface area contributed by atoms with Gasteiger partial charge in [0.2, 0.25) is 0 Å². The highest BCUT2D eigenvalue weighted by atomic mass is 79.9. The Labute approximate surface area is 190 Å². The molecule has 4 rings (SSSR count). The zero-order valence-corrected chi connectivity index (χ0v) is 19.6. The Kier molecular flexibility index (Phi) is 5.82. The van der Waals surface area contributed by atoms with Crippen LogP contribution >= 0.6 is 27.7 Å². The van der Waals surface area contributed by atoms with Crippen molar-refractivity contribution in [1.82, 2.24) is 19.3 Å². The minimum Gasteiger partial charge on any atom is -0.444 e. The number of rotatable bonds is 3. The van der Waals surface area contributed by atoms with Gasteiger partial charge in [-0.25, -0.2) is 14.8 Å². The summed E-state index contributed by atoms with van der Waals surface area (Å²) in [6, 6.07) is -0.0192. The van der Waals surface area contributed by atoms with Crippen molar-refractivity contribution in [1.29, 1.82) is 0 Å². The fraction of sp³-hybridized carbons (Fsp3) is 0.632. The van der Waals surface area contributed by atoms with Gasteiger partial charge >= 0.3 is 11.6 Å². The van der Waals surface area contributed by atoms with Crippen LogP contribution < -0.4 is 5.32 Å². The fourth-order valence-electron chi connectivity index (χ4n) is 4.33. The third-order valence-electron chi connectivity index (χ3n) is 5.42. The van der Waals surface area contributed by atoms with Crippen LogP contribution in [0.2, 0.25) is 0 Å². The predicted octanol–water partition coefficient (Wildman–Crippen LogP) is 5.45. The zero-order chi connectivity index (χ0) is 22.6. The highest BCUT2D eigenvalue weighted by molar-refractivity contribution is 9.10. The molecule has 2 fully saturated rings. The number of imidazole rings is 1. The van der Waals surface area contributed by atoms with Crippen LogP contribution in [0.25, 0.3) is 5.65 Å². The molecule has 0 aromatic carbocycles.